The zero-order valence-electron chi connectivity index (χ0n) is 8.38. The fourth-order valence-electron chi connectivity index (χ4n) is 1.55. The molecule has 0 aromatic heterocycles. The Balaban J connectivity index is 2.94. The van der Waals surface area contributed by atoms with Crippen LogP contribution in [0.15, 0.2) is 30.9 Å². The van der Waals surface area contributed by atoms with Crippen molar-refractivity contribution in [3.8, 4) is 0 Å². The van der Waals surface area contributed by atoms with Crippen molar-refractivity contribution in [3.05, 3.63) is 47.5 Å². The zero-order valence-corrected chi connectivity index (χ0v) is 8.38. The number of hydrogen-bond donors (Lipinski definition) is 1. The maximum absolute atomic E-state index is 5.99. The predicted molar refractivity (Wildman–Crippen MR) is 57.7 cm³/mol. The first-order chi connectivity index (χ1) is 6.15. The van der Waals surface area contributed by atoms with E-state index in [-0.39, 0.29) is 6.04 Å². The van der Waals surface area contributed by atoms with E-state index in [2.05, 4.69) is 38.6 Å². The van der Waals surface area contributed by atoms with Gasteiger partial charge in [0.1, 0.15) is 0 Å². The lowest BCUT2D eigenvalue weighted by atomic mass is 9.98. The predicted octanol–water partition coefficient (Wildman–Crippen LogP) is 2.88. The van der Waals surface area contributed by atoms with E-state index in [4.69, 9.17) is 5.73 Å². The second-order valence-corrected chi connectivity index (χ2v) is 3.49. The van der Waals surface area contributed by atoms with Crippen molar-refractivity contribution in [2.75, 3.05) is 0 Å². The fourth-order valence-corrected chi connectivity index (χ4v) is 1.55. The maximum atomic E-state index is 5.99. The molecule has 0 amide bonds. The molecule has 0 bridgehead atoms. The van der Waals surface area contributed by atoms with Crippen LogP contribution < -0.4 is 5.73 Å². The first-order valence-corrected chi connectivity index (χ1v) is 4.58. The van der Waals surface area contributed by atoms with Crippen molar-refractivity contribution in [2.45, 2.75) is 26.3 Å². The third kappa shape index (κ3) is 2.43. The van der Waals surface area contributed by atoms with Crippen LogP contribution in [0.5, 0.6) is 0 Å². The molecule has 1 rings (SSSR count). The minimum Gasteiger partial charge on any atom is -0.324 e. The Morgan fingerprint density at radius 2 is 2.15 bits per heavy atom. The van der Waals surface area contributed by atoms with Crippen molar-refractivity contribution in [3.63, 3.8) is 0 Å². The number of hydrogen-bond acceptors (Lipinski definition) is 1. The standard InChI is InChI=1S/C12H17N/c1-4-5-12(13)11-7-6-9(2)8-10(11)3/h4,6-8,12H,1,5,13H2,2-3H3. The van der Waals surface area contributed by atoms with Crippen LogP contribution in [0, 0.1) is 13.8 Å². The molecule has 1 nitrogen and oxygen atoms in total. The van der Waals surface area contributed by atoms with Crippen LogP contribution in [0.1, 0.15) is 29.2 Å². The average Bonchev–Trinajstić information content (AvgIpc) is 2.04. The van der Waals surface area contributed by atoms with E-state index in [1.54, 1.807) is 0 Å². The van der Waals surface area contributed by atoms with Gasteiger partial charge in [-0.15, -0.1) is 6.58 Å². The lowest BCUT2D eigenvalue weighted by molar-refractivity contribution is 0.735. The highest BCUT2D eigenvalue weighted by molar-refractivity contribution is 5.32. The van der Waals surface area contributed by atoms with Gasteiger partial charge in [0.05, 0.1) is 0 Å². The summed E-state index contributed by atoms with van der Waals surface area (Å²) in [5, 5.41) is 0. The Hall–Kier alpha value is -1.08. The first-order valence-electron chi connectivity index (χ1n) is 4.58. The lowest BCUT2D eigenvalue weighted by Crippen LogP contribution is -2.10. The molecule has 1 unspecified atom stereocenters. The van der Waals surface area contributed by atoms with Crippen LogP contribution in [-0.2, 0) is 0 Å². The maximum Gasteiger partial charge on any atom is 0.0332 e. The summed E-state index contributed by atoms with van der Waals surface area (Å²) in [7, 11) is 0. The molecule has 1 aromatic rings. The van der Waals surface area contributed by atoms with Gasteiger partial charge in [0.15, 0.2) is 0 Å². The van der Waals surface area contributed by atoms with E-state index < -0.39 is 0 Å². The van der Waals surface area contributed by atoms with Crippen molar-refractivity contribution in [2.24, 2.45) is 5.73 Å². The summed E-state index contributed by atoms with van der Waals surface area (Å²) in [6.45, 7) is 7.89. The Morgan fingerprint density at radius 1 is 1.46 bits per heavy atom. The Bertz CT molecular complexity index is 302. The number of rotatable bonds is 3. The third-order valence-electron chi connectivity index (χ3n) is 2.25. The summed E-state index contributed by atoms with van der Waals surface area (Å²) in [5.74, 6) is 0. The van der Waals surface area contributed by atoms with Gasteiger partial charge >= 0.3 is 0 Å². The lowest BCUT2D eigenvalue weighted by Gasteiger charge is -2.13. The van der Waals surface area contributed by atoms with Gasteiger partial charge in [0.25, 0.3) is 0 Å². The summed E-state index contributed by atoms with van der Waals surface area (Å²) in [6, 6.07) is 6.47. The molecule has 0 spiro atoms. The average molecular weight is 175 g/mol. The van der Waals surface area contributed by atoms with Crippen molar-refractivity contribution < 1.29 is 0 Å². The minimum atomic E-state index is 0.0955. The SMILES string of the molecule is C=CCC(N)c1ccc(C)cc1C. The normalized spacial score (nSPS) is 12.5. The van der Waals surface area contributed by atoms with Crippen molar-refractivity contribution in [1.29, 1.82) is 0 Å². The molecule has 0 aliphatic rings. The molecule has 1 aromatic carbocycles. The molecule has 0 fully saturated rings. The van der Waals surface area contributed by atoms with E-state index in [1.807, 2.05) is 6.08 Å². The second kappa shape index (κ2) is 4.24. The number of benzene rings is 1. The van der Waals surface area contributed by atoms with Gasteiger partial charge in [-0.05, 0) is 31.4 Å². The molecule has 0 aliphatic heterocycles. The van der Waals surface area contributed by atoms with Crippen LogP contribution in [-0.4, -0.2) is 0 Å². The molecular weight excluding hydrogens is 158 g/mol. The Morgan fingerprint density at radius 3 is 2.69 bits per heavy atom. The molecule has 1 atom stereocenters. The van der Waals surface area contributed by atoms with Gasteiger partial charge in [0, 0.05) is 6.04 Å². The van der Waals surface area contributed by atoms with Gasteiger partial charge in [-0.3, -0.25) is 0 Å². The number of aryl methyl sites for hydroxylation is 2. The Labute approximate surface area is 80.3 Å². The molecule has 13 heavy (non-hydrogen) atoms. The largest absolute Gasteiger partial charge is 0.324 e. The highest BCUT2D eigenvalue weighted by atomic mass is 14.6. The van der Waals surface area contributed by atoms with Crippen molar-refractivity contribution in [1.82, 2.24) is 0 Å². The van der Waals surface area contributed by atoms with Crippen LogP contribution >= 0.6 is 0 Å². The summed E-state index contributed by atoms with van der Waals surface area (Å²) in [5.41, 5.74) is 9.77. The van der Waals surface area contributed by atoms with Crippen LogP contribution in [0.25, 0.3) is 0 Å². The molecule has 2 N–H and O–H groups in total. The smallest absolute Gasteiger partial charge is 0.0332 e. The molecule has 70 valence electrons. The summed E-state index contributed by atoms with van der Waals surface area (Å²) in [4.78, 5) is 0. The molecule has 0 radical (unpaired) electrons. The second-order valence-electron chi connectivity index (χ2n) is 3.49. The molecule has 0 saturated carbocycles. The zero-order chi connectivity index (χ0) is 9.84. The topological polar surface area (TPSA) is 26.0 Å². The van der Waals surface area contributed by atoms with Gasteiger partial charge in [-0.2, -0.15) is 0 Å². The number of nitrogens with two attached hydrogens (primary N) is 1. The van der Waals surface area contributed by atoms with E-state index in [0.717, 1.165) is 6.42 Å². The minimum absolute atomic E-state index is 0.0955. The van der Waals surface area contributed by atoms with E-state index in [0.29, 0.717) is 0 Å². The summed E-state index contributed by atoms with van der Waals surface area (Å²) < 4.78 is 0. The van der Waals surface area contributed by atoms with Crippen LogP contribution in [0.3, 0.4) is 0 Å². The summed E-state index contributed by atoms with van der Waals surface area (Å²) >= 11 is 0. The van der Waals surface area contributed by atoms with Crippen LogP contribution in [0.4, 0.5) is 0 Å². The van der Waals surface area contributed by atoms with Crippen LogP contribution in [0.2, 0.25) is 0 Å². The monoisotopic (exact) mass is 175 g/mol. The van der Waals surface area contributed by atoms with Gasteiger partial charge in [-0.25, -0.2) is 0 Å². The van der Waals surface area contributed by atoms with Gasteiger partial charge in [0.2, 0.25) is 0 Å². The quantitative estimate of drug-likeness (QED) is 0.702. The van der Waals surface area contributed by atoms with E-state index in [9.17, 15) is 0 Å². The molecule has 0 heterocycles. The molecule has 0 saturated heterocycles. The highest BCUT2D eigenvalue weighted by Gasteiger charge is 2.06. The van der Waals surface area contributed by atoms with E-state index >= 15 is 0 Å². The fraction of sp³-hybridized carbons (Fsp3) is 0.333. The molecular formula is C12H17N. The summed E-state index contributed by atoms with van der Waals surface area (Å²) in [6.07, 6.45) is 2.70. The van der Waals surface area contributed by atoms with Gasteiger partial charge < -0.3 is 5.73 Å². The molecule has 0 aliphatic carbocycles. The Kier molecular flexibility index (Phi) is 3.26. The van der Waals surface area contributed by atoms with E-state index in [1.165, 1.54) is 16.7 Å². The third-order valence-corrected chi connectivity index (χ3v) is 2.25. The van der Waals surface area contributed by atoms with Gasteiger partial charge in [-0.1, -0.05) is 29.8 Å². The molecule has 1 heteroatoms. The highest BCUT2D eigenvalue weighted by Crippen LogP contribution is 2.19. The first kappa shape index (κ1) is 10.0. The van der Waals surface area contributed by atoms with Crippen molar-refractivity contribution >= 4 is 0 Å².